The van der Waals surface area contributed by atoms with Crippen LogP contribution in [0.3, 0.4) is 0 Å². The molecule has 1 saturated carbocycles. The van der Waals surface area contributed by atoms with E-state index in [2.05, 4.69) is 26.2 Å². The Kier molecular flexibility index (Phi) is 4.30. The zero-order chi connectivity index (χ0) is 12.3. The second kappa shape index (κ2) is 5.56. The highest BCUT2D eigenvalue weighted by atomic mass is 14.9. The molecule has 2 aliphatic carbocycles. The number of hydrogen-bond donors (Lipinski definition) is 1. The maximum atomic E-state index is 3.56. The number of unbranched alkanes of at least 4 members (excludes halogenated alkanes) is 1. The fourth-order valence-electron chi connectivity index (χ4n) is 3.87. The zero-order valence-electron chi connectivity index (χ0n) is 11.9. The normalized spacial score (nSPS) is 32.3. The minimum Gasteiger partial charge on any atom is -0.313 e. The Labute approximate surface area is 107 Å². The number of fused-ring (bicyclic) bond motifs is 1. The fraction of sp³-hybridized carbons (Fsp3) is 0.875. The van der Waals surface area contributed by atoms with Gasteiger partial charge < -0.3 is 5.32 Å². The first-order chi connectivity index (χ1) is 8.27. The third kappa shape index (κ3) is 2.59. The summed E-state index contributed by atoms with van der Waals surface area (Å²) in [4.78, 5) is 0. The number of hydrogen-bond acceptors (Lipinski definition) is 1. The number of likely N-dealkylation sites (N-methyl/N-ethyl adjacent to an activating group) is 1. The van der Waals surface area contributed by atoms with E-state index in [4.69, 9.17) is 0 Å². The van der Waals surface area contributed by atoms with Gasteiger partial charge in [-0.3, -0.25) is 0 Å². The van der Waals surface area contributed by atoms with Crippen molar-refractivity contribution in [1.29, 1.82) is 0 Å². The minimum atomic E-state index is 0.670. The van der Waals surface area contributed by atoms with Gasteiger partial charge in [-0.05, 0) is 51.0 Å². The summed E-state index contributed by atoms with van der Waals surface area (Å²) in [5, 5.41) is 3.56. The van der Waals surface area contributed by atoms with E-state index in [0.717, 1.165) is 0 Å². The van der Waals surface area contributed by atoms with E-state index in [-0.39, 0.29) is 0 Å². The largest absolute Gasteiger partial charge is 0.313 e. The van der Waals surface area contributed by atoms with Gasteiger partial charge in [0.2, 0.25) is 0 Å². The first-order valence-electron chi connectivity index (χ1n) is 7.67. The van der Waals surface area contributed by atoms with E-state index in [0.29, 0.717) is 11.5 Å². The molecule has 0 spiro atoms. The maximum absolute atomic E-state index is 3.56. The summed E-state index contributed by atoms with van der Waals surface area (Å²) in [6, 6.07) is 0.692. The summed E-state index contributed by atoms with van der Waals surface area (Å²) in [6.45, 7) is 4.65. The van der Waals surface area contributed by atoms with Crippen LogP contribution in [0.15, 0.2) is 11.1 Å². The SMILES string of the molecule is CCCCC1=C2CC2(CCC)CCCC1NC. The van der Waals surface area contributed by atoms with Gasteiger partial charge in [0.15, 0.2) is 0 Å². The fourth-order valence-corrected chi connectivity index (χ4v) is 3.87. The van der Waals surface area contributed by atoms with Crippen molar-refractivity contribution in [2.45, 2.75) is 77.7 Å². The smallest absolute Gasteiger partial charge is 0.0279 e. The lowest BCUT2D eigenvalue weighted by Gasteiger charge is -2.18. The van der Waals surface area contributed by atoms with Gasteiger partial charge in [-0.25, -0.2) is 0 Å². The molecule has 1 N–H and O–H groups in total. The first-order valence-corrected chi connectivity index (χ1v) is 7.67. The molecule has 0 bridgehead atoms. The van der Waals surface area contributed by atoms with Gasteiger partial charge in [-0.15, -0.1) is 0 Å². The lowest BCUT2D eigenvalue weighted by molar-refractivity contribution is 0.422. The number of rotatable bonds is 6. The molecule has 2 aliphatic rings. The van der Waals surface area contributed by atoms with E-state index in [1.165, 1.54) is 57.8 Å². The van der Waals surface area contributed by atoms with Crippen LogP contribution in [0.4, 0.5) is 0 Å². The van der Waals surface area contributed by atoms with Crippen molar-refractivity contribution < 1.29 is 0 Å². The highest BCUT2D eigenvalue weighted by molar-refractivity contribution is 5.41. The molecule has 98 valence electrons. The van der Waals surface area contributed by atoms with Crippen LogP contribution < -0.4 is 5.32 Å². The van der Waals surface area contributed by atoms with Crippen molar-refractivity contribution in [2.75, 3.05) is 7.05 Å². The average Bonchev–Trinajstić information content (AvgIpc) is 3.02. The van der Waals surface area contributed by atoms with Crippen LogP contribution >= 0.6 is 0 Å². The van der Waals surface area contributed by atoms with Crippen molar-refractivity contribution in [2.24, 2.45) is 5.41 Å². The third-order valence-corrected chi connectivity index (χ3v) is 4.86. The highest BCUT2D eigenvalue weighted by Gasteiger charge is 2.50. The summed E-state index contributed by atoms with van der Waals surface area (Å²) in [5.74, 6) is 0. The minimum absolute atomic E-state index is 0.670. The third-order valence-electron chi connectivity index (χ3n) is 4.86. The van der Waals surface area contributed by atoms with Gasteiger partial charge in [0.1, 0.15) is 0 Å². The molecule has 2 atom stereocenters. The van der Waals surface area contributed by atoms with Crippen LogP contribution in [0.2, 0.25) is 0 Å². The topological polar surface area (TPSA) is 12.0 Å². The molecule has 0 heterocycles. The second-order valence-electron chi connectivity index (χ2n) is 6.05. The lowest BCUT2D eigenvalue weighted by atomic mass is 9.93. The summed E-state index contributed by atoms with van der Waals surface area (Å²) >= 11 is 0. The Hall–Kier alpha value is -0.300. The molecule has 1 heteroatoms. The molecule has 0 amide bonds. The molecule has 0 aromatic carbocycles. The van der Waals surface area contributed by atoms with Gasteiger partial charge in [-0.1, -0.05) is 44.3 Å². The predicted molar refractivity (Wildman–Crippen MR) is 75.2 cm³/mol. The van der Waals surface area contributed by atoms with Crippen LogP contribution in [0.5, 0.6) is 0 Å². The van der Waals surface area contributed by atoms with Crippen molar-refractivity contribution in [1.82, 2.24) is 5.32 Å². The predicted octanol–water partition coefficient (Wildman–Crippen LogP) is 4.44. The van der Waals surface area contributed by atoms with Crippen LogP contribution in [0.1, 0.15) is 71.6 Å². The molecule has 2 rings (SSSR count). The molecular weight excluding hydrogens is 206 g/mol. The number of nitrogens with one attached hydrogen (secondary N) is 1. The van der Waals surface area contributed by atoms with Gasteiger partial charge in [0.25, 0.3) is 0 Å². The summed E-state index contributed by atoms with van der Waals surface area (Å²) in [6.07, 6.45) is 12.5. The van der Waals surface area contributed by atoms with E-state index in [1.807, 2.05) is 5.57 Å². The van der Waals surface area contributed by atoms with Gasteiger partial charge >= 0.3 is 0 Å². The van der Waals surface area contributed by atoms with Crippen molar-refractivity contribution in [3.8, 4) is 0 Å². The molecular formula is C16H29N. The Bertz CT molecular complexity index is 292. The summed E-state index contributed by atoms with van der Waals surface area (Å²) in [5.41, 5.74) is 4.34. The zero-order valence-corrected chi connectivity index (χ0v) is 11.9. The Morgan fingerprint density at radius 3 is 2.76 bits per heavy atom. The Morgan fingerprint density at radius 1 is 1.29 bits per heavy atom. The number of allylic oxidation sites excluding steroid dienone is 1. The van der Waals surface area contributed by atoms with E-state index < -0.39 is 0 Å². The first kappa shape index (κ1) is 13.1. The Balaban J connectivity index is 2.16. The van der Waals surface area contributed by atoms with E-state index in [9.17, 15) is 0 Å². The maximum Gasteiger partial charge on any atom is 0.0279 e. The summed E-state index contributed by atoms with van der Waals surface area (Å²) < 4.78 is 0. The molecule has 1 fully saturated rings. The van der Waals surface area contributed by atoms with Crippen LogP contribution in [-0.4, -0.2) is 13.1 Å². The molecule has 0 aromatic rings. The molecule has 1 nitrogen and oxygen atoms in total. The standard InChI is InChI=1S/C16H29N/c1-4-6-8-13-14-12-16(14,10-5-2)11-7-9-15(13)17-3/h15,17H,4-12H2,1-3H3. The van der Waals surface area contributed by atoms with Gasteiger partial charge in [0, 0.05) is 6.04 Å². The molecule has 2 unspecified atom stereocenters. The lowest BCUT2D eigenvalue weighted by Crippen LogP contribution is -2.27. The summed E-state index contributed by atoms with van der Waals surface area (Å²) in [7, 11) is 2.15. The monoisotopic (exact) mass is 235 g/mol. The van der Waals surface area contributed by atoms with E-state index in [1.54, 1.807) is 5.57 Å². The van der Waals surface area contributed by atoms with Gasteiger partial charge in [-0.2, -0.15) is 0 Å². The molecule has 0 saturated heterocycles. The second-order valence-corrected chi connectivity index (χ2v) is 6.05. The van der Waals surface area contributed by atoms with Crippen molar-refractivity contribution >= 4 is 0 Å². The van der Waals surface area contributed by atoms with Crippen LogP contribution in [0.25, 0.3) is 0 Å². The van der Waals surface area contributed by atoms with Gasteiger partial charge in [0.05, 0.1) is 0 Å². The molecule has 0 aromatic heterocycles. The van der Waals surface area contributed by atoms with Crippen molar-refractivity contribution in [3.63, 3.8) is 0 Å². The average molecular weight is 235 g/mol. The van der Waals surface area contributed by atoms with Crippen LogP contribution in [0, 0.1) is 5.41 Å². The molecule has 0 radical (unpaired) electrons. The Morgan fingerprint density at radius 2 is 2.12 bits per heavy atom. The van der Waals surface area contributed by atoms with E-state index >= 15 is 0 Å². The van der Waals surface area contributed by atoms with Crippen molar-refractivity contribution in [3.05, 3.63) is 11.1 Å². The highest BCUT2D eigenvalue weighted by Crippen LogP contribution is 2.62. The quantitative estimate of drug-likeness (QED) is 0.671. The molecule has 17 heavy (non-hydrogen) atoms. The van der Waals surface area contributed by atoms with Crippen LogP contribution in [-0.2, 0) is 0 Å². The molecule has 0 aliphatic heterocycles.